The number of aromatic nitrogens is 1. The Kier molecular flexibility index (Phi) is 3.07. The lowest BCUT2D eigenvalue weighted by atomic mass is 10.1. The highest BCUT2D eigenvalue weighted by molar-refractivity contribution is 5.65. The summed E-state index contributed by atoms with van der Waals surface area (Å²) < 4.78 is 12.6. The molecule has 1 nitrogen and oxygen atoms in total. The number of H-pyrrole nitrogens is 1. The van der Waals surface area contributed by atoms with Gasteiger partial charge in [-0.05, 0) is 25.0 Å². The van der Waals surface area contributed by atoms with Crippen molar-refractivity contribution >= 4 is 12.2 Å². The van der Waals surface area contributed by atoms with Gasteiger partial charge in [0.1, 0.15) is 0 Å². The van der Waals surface area contributed by atoms with Crippen molar-refractivity contribution in [2.24, 2.45) is 0 Å². The third-order valence-corrected chi connectivity index (χ3v) is 1.97. The Morgan fingerprint density at radius 2 is 2.38 bits per heavy atom. The number of hydrogen-bond donors (Lipinski definition) is 1. The molecule has 0 spiro atoms. The molecule has 0 aliphatic rings. The van der Waals surface area contributed by atoms with Gasteiger partial charge in [0.2, 0.25) is 0 Å². The van der Waals surface area contributed by atoms with Crippen LogP contribution < -0.4 is 0 Å². The molecule has 0 saturated heterocycles. The molecule has 1 aromatic heterocycles. The van der Waals surface area contributed by atoms with E-state index in [0.29, 0.717) is 0 Å². The van der Waals surface area contributed by atoms with Gasteiger partial charge in [-0.3, -0.25) is 0 Å². The average molecular weight is 179 g/mol. The summed E-state index contributed by atoms with van der Waals surface area (Å²) in [7, 11) is 0. The third kappa shape index (κ3) is 2.08. The van der Waals surface area contributed by atoms with E-state index in [1.165, 1.54) is 18.6 Å². The van der Waals surface area contributed by atoms with Crippen LogP contribution in [0.3, 0.4) is 0 Å². The van der Waals surface area contributed by atoms with Gasteiger partial charge in [0.25, 0.3) is 0 Å². The van der Waals surface area contributed by atoms with Crippen LogP contribution in [0, 0.1) is 0 Å². The molecule has 0 fully saturated rings. The lowest BCUT2D eigenvalue weighted by Gasteiger charge is -1.95. The second kappa shape index (κ2) is 4.08. The molecule has 1 heterocycles. The standard InChI is InChI=1S/C11H14FN/c1-4-9-7-13-11(6-8(3)12)10(9)5-2/h5-7,13H,2,4H2,1,3H3/b8-6+. The van der Waals surface area contributed by atoms with Gasteiger partial charge in [-0.25, -0.2) is 4.39 Å². The first-order valence-electron chi connectivity index (χ1n) is 4.35. The van der Waals surface area contributed by atoms with Crippen molar-refractivity contribution in [2.45, 2.75) is 20.3 Å². The predicted octanol–water partition coefficient (Wildman–Crippen LogP) is 3.55. The predicted molar refractivity (Wildman–Crippen MR) is 55.0 cm³/mol. The topological polar surface area (TPSA) is 15.8 Å². The highest BCUT2D eigenvalue weighted by Crippen LogP contribution is 2.18. The molecular weight excluding hydrogens is 165 g/mol. The van der Waals surface area contributed by atoms with Gasteiger partial charge in [-0.15, -0.1) is 0 Å². The molecule has 0 aliphatic carbocycles. The highest BCUT2D eigenvalue weighted by Gasteiger charge is 2.04. The Morgan fingerprint density at radius 1 is 1.69 bits per heavy atom. The minimum absolute atomic E-state index is 0.201. The monoisotopic (exact) mass is 179 g/mol. The number of hydrogen-bond acceptors (Lipinski definition) is 0. The number of rotatable bonds is 3. The fraction of sp³-hybridized carbons (Fsp3) is 0.273. The minimum atomic E-state index is -0.201. The second-order valence-corrected chi connectivity index (χ2v) is 2.93. The molecule has 0 saturated carbocycles. The Labute approximate surface area is 78.0 Å². The Bertz CT molecular complexity index is 330. The van der Waals surface area contributed by atoms with Crippen LogP contribution in [0.2, 0.25) is 0 Å². The normalized spacial score (nSPS) is 11.8. The van der Waals surface area contributed by atoms with Crippen LogP contribution in [-0.2, 0) is 6.42 Å². The number of aryl methyl sites for hydroxylation is 1. The molecule has 0 atom stereocenters. The molecule has 1 aromatic rings. The van der Waals surface area contributed by atoms with E-state index in [1.54, 1.807) is 6.08 Å². The first-order valence-corrected chi connectivity index (χ1v) is 4.35. The highest BCUT2D eigenvalue weighted by atomic mass is 19.1. The Balaban J connectivity index is 3.15. The largest absolute Gasteiger partial charge is 0.361 e. The molecule has 0 bridgehead atoms. The summed E-state index contributed by atoms with van der Waals surface area (Å²) in [6.45, 7) is 7.20. The summed E-state index contributed by atoms with van der Waals surface area (Å²) in [4.78, 5) is 3.02. The smallest absolute Gasteiger partial charge is 0.0989 e. The van der Waals surface area contributed by atoms with E-state index >= 15 is 0 Å². The molecule has 0 radical (unpaired) electrons. The van der Waals surface area contributed by atoms with Crippen LogP contribution in [0.5, 0.6) is 0 Å². The summed E-state index contributed by atoms with van der Waals surface area (Å²) in [5.41, 5.74) is 2.97. The summed E-state index contributed by atoms with van der Waals surface area (Å²) in [5.74, 6) is -0.201. The lowest BCUT2D eigenvalue weighted by Crippen LogP contribution is -1.81. The van der Waals surface area contributed by atoms with E-state index in [-0.39, 0.29) is 5.83 Å². The molecule has 0 aromatic carbocycles. The maximum atomic E-state index is 12.6. The third-order valence-electron chi connectivity index (χ3n) is 1.97. The van der Waals surface area contributed by atoms with E-state index < -0.39 is 0 Å². The van der Waals surface area contributed by atoms with Gasteiger partial charge in [0, 0.05) is 17.5 Å². The number of aromatic amines is 1. The van der Waals surface area contributed by atoms with Crippen molar-refractivity contribution in [3.05, 3.63) is 35.4 Å². The molecule has 0 amide bonds. The molecule has 1 rings (SSSR count). The summed E-state index contributed by atoms with van der Waals surface area (Å²) >= 11 is 0. The van der Waals surface area contributed by atoms with Crippen molar-refractivity contribution < 1.29 is 4.39 Å². The van der Waals surface area contributed by atoms with Crippen LogP contribution in [0.25, 0.3) is 12.2 Å². The van der Waals surface area contributed by atoms with Crippen molar-refractivity contribution in [3.8, 4) is 0 Å². The quantitative estimate of drug-likeness (QED) is 0.730. The van der Waals surface area contributed by atoms with Gasteiger partial charge >= 0.3 is 0 Å². The fourth-order valence-corrected chi connectivity index (χ4v) is 1.35. The summed E-state index contributed by atoms with van der Waals surface area (Å²) in [6.07, 6.45) is 6.06. The van der Waals surface area contributed by atoms with Crippen LogP contribution in [0.4, 0.5) is 4.39 Å². The van der Waals surface area contributed by atoms with Crippen LogP contribution in [0.1, 0.15) is 30.7 Å². The zero-order valence-corrected chi connectivity index (χ0v) is 8.02. The van der Waals surface area contributed by atoms with Crippen molar-refractivity contribution in [3.63, 3.8) is 0 Å². The molecule has 0 unspecified atom stereocenters. The van der Waals surface area contributed by atoms with Crippen molar-refractivity contribution in [1.29, 1.82) is 0 Å². The Hall–Kier alpha value is -1.31. The fourth-order valence-electron chi connectivity index (χ4n) is 1.35. The first kappa shape index (κ1) is 9.78. The summed E-state index contributed by atoms with van der Waals surface area (Å²) in [5, 5.41) is 0. The molecule has 2 heteroatoms. The van der Waals surface area contributed by atoms with E-state index in [1.807, 2.05) is 6.20 Å². The van der Waals surface area contributed by atoms with E-state index in [0.717, 1.165) is 17.7 Å². The number of halogens is 1. The van der Waals surface area contributed by atoms with Crippen molar-refractivity contribution in [1.82, 2.24) is 4.98 Å². The van der Waals surface area contributed by atoms with E-state index in [9.17, 15) is 4.39 Å². The molecular formula is C11H14FN. The molecule has 13 heavy (non-hydrogen) atoms. The van der Waals surface area contributed by atoms with Crippen molar-refractivity contribution in [2.75, 3.05) is 0 Å². The molecule has 1 N–H and O–H groups in total. The maximum Gasteiger partial charge on any atom is 0.0989 e. The SMILES string of the molecule is C=Cc1c(CC)c[nH]c1/C=C(\C)F. The molecule has 0 aliphatic heterocycles. The van der Waals surface area contributed by atoms with Crippen LogP contribution in [-0.4, -0.2) is 4.98 Å². The zero-order valence-electron chi connectivity index (χ0n) is 8.02. The minimum Gasteiger partial charge on any atom is -0.361 e. The van der Waals surface area contributed by atoms with Crippen LogP contribution >= 0.6 is 0 Å². The number of nitrogens with one attached hydrogen (secondary N) is 1. The second-order valence-electron chi connectivity index (χ2n) is 2.93. The maximum absolute atomic E-state index is 12.6. The number of allylic oxidation sites excluding steroid dienone is 1. The average Bonchev–Trinajstić information content (AvgIpc) is 2.45. The van der Waals surface area contributed by atoms with Gasteiger partial charge in [0.15, 0.2) is 0 Å². The Morgan fingerprint density at radius 3 is 2.85 bits per heavy atom. The van der Waals surface area contributed by atoms with E-state index in [2.05, 4.69) is 18.5 Å². The van der Waals surface area contributed by atoms with Gasteiger partial charge in [0.05, 0.1) is 5.83 Å². The summed E-state index contributed by atoms with van der Waals surface area (Å²) in [6, 6.07) is 0. The molecule has 70 valence electrons. The van der Waals surface area contributed by atoms with Crippen LogP contribution in [0.15, 0.2) is 18.6 Å². The zero-order chi connectivity index (χ0) is 9.84. The van der Waals surface area contributed by atoms with E-state index in [4.69, 9.17) is 0 Å². The van der Waals surface area contributed by atoms with Gasteiger partial charge in [-0.1, -0.05) is 19.6 Å². The first-order chi connectivity index (χ1) is 6.19. The van der Waals surface area contributed by atoms with Gasteiger partial charge in [-0.2, -0.15) is 0 Å². The lowest BCUT2D eigenvalue weighted by molar-refractivity contribution is 0.648. The van der Waals surface area contributed by atoms with Gasteiger partial charge < -0.3 is 4.98 Å².